The van der Waals surface area contributed by atoms with Gasteiger partial charge in [-0.25, -0.2) is 0 Å². The predicted molar refractivity (Wildman–Crippen MR) is 83.5 cm³/mol. The second-order valence-corrected chi connectivity index (χ2v) is 5.22. The first-order valence-electron chi connectivity index (χ1n) is 6.85. The van der Waals surface area contributed by atoms with Crippen molar-refractivity contribution >= 4 is 21.6 Å². The van der Waals surface area contributed by atoms with Crippen molar-refractivity contribution in [3.05, 3.63) is 41.7 Å². The molecule has 0 atom stereocenters. The van der Waals surface area contributed by atoms with E-state index >= 15 is 0 Å². The summed E-state index contributed by atoms with van der Waals surface area (Å²) in [4.78, 5) is 5.10. The summed E-state index contributed by atoms with van der Waals surface area (Å²) in [5.74, 6) is 0.396. The molecular weight excluding hydrogens is 377 g/mol. The molecule has 0 aliphatic carbocycles. The first-order chi connectivity index (χ1) is 11.0. The largest absolute Gasteiger partial charge is 0.416 e. The van der Waals surface area contributed by atoms with E-state index in [1.807, 2.05) is 6.92 Å². The highest BCUT2D eigenvalue weighted by molar-refractivity contribution is 9.09. The molecule has 0 spiro atoms. The SMILES string of the molecule is CCCO/N=C(/CBr)c1cc(-c2ccc(C(F)(F)F)cc2)no1. The topological polar surface area (TPSA) is 47.6 Å². The first kappa shape index (κ1) is 17.5. The van der Waals surface area contributed by atoms with Crippen LogP contribution in [-0.4, -0.2) is 22.8 Å². The standard InChI is InChI=1S/C15H14BrF3N2O2/c1-2-7-22-20-13(9-16)14-8-12(21-23-14)10-3-5-11(6-4-10)15(17,18)19/h3-6,8H,2,7,9H2,1H3/b20-13-. The Labute approximate surface area is 139 Å². The van der Waals surface area contributed by atoms with Gasteiger partial charge in [-0.2, -0.15) is 13.2 Å². The van der Waals surface area contributed by atoms with Crippen LogP contribution in [0.4, 0.5) is 13.2 Å². The average molecular weight is 391 g/mol. The second-order valence-electron chi connectivity index (χ2n) is 4.66. The van der Waals surface area contributed by atoms with Crippen LogP contribution in [-0.2, 0) is 11.0 Å². The van der Waals surface area contributed by atoms with E-state index in [-0.39, 0.29) is 0 Å². The average Bonchev–Trinajstić information content (AvgIpc) is 3.01. The Bertz CT molecular complexity index is 666. The minimum absolute atomic E-state index is 0.396. The molecule has 0 amide bonds. The molecule has 0 aliphatic heterocycles. The lowest BCUT2D eigenvalue weighted by molar-refractivity contribution is -0.137. The van der Waals surface area contributed by atoms with Crippen LogP contribution in [0.25, 0.3) is 11.3 Å². The van der Waals surface area contributed by atoms with Crippen LogP contribution in [0.15, 0.2) is 40.0 Å². The van der Waals surface area contributed by atoms with Crippen molar-refractivity contribution in [3.63, 3.8) is 0 Å². The highest BCUT2D eigenvalue weighted by atomic mass is 79.9. The summed E-state index contributed by atoms with van der Waals surface area (Å²) in [7, 11) is 0. The van der Waals surface area contributed by atoms with Gasteiger partial charge < -0.3 is 9.36 Å². The fraction of sp³-hybridized carbons (Fsp3) is 0.333. The van der Waals surface area contributed by atoms with Gasteiger partial charge in [-0.3, -0.25) is 0 Å². The maximum Gasteiger partial charge on any atom is 0.416 e. The van der Waals surface area contributed by atoms with Crippen LogP contribution >= 0.6 is 15.9 Å². The molecule has 2 aromatic rings. The minimum Gasteiger partial charge on any atom is -0.395 e. The number of hydrogen-bond donors (Lipinski definition) is 0. The molecule has 0 bridgehead atoms. The van der Waals surface area contributed by atoms with Gasteiger partial charge in [-0.15, -0.1) is 0 Å². The summed E-state index contributed by atoms with van der Waals surface area (Å²) in [5, 5.41) is 8.21. The third kappa shape index (κ3) is 4.57. The van der Waals surface area contributed by atoms with Gasteiger partial charge in [0.1, 0.15) is 18.0 Å². The van der Waals surface area contributed by atoms with E-state index in [0.717, 1.165) is 18.6 Å². The van der Waals surface area contributed by atoms with Crippen LogP contribution in [0.3, 0.4) is 0 Å². The van der Waals surface area contributed by atoms with E-state index in [0.29, 0.717) is 34.7 Å². The number of hydrogen-bond acceptors (Lipinski definition) is 4. The molecule has 2 rings (SSSR count). The normalized spacial score (nSPS) is 12.5. The lowest BCUT2D eigenvalue weighted by Gasteiger charge is -2.06. The van der Waals surface area contributed by atoms with Crippen LogP contribution in [0.1, 0.15) is 24.7 Å². The molecule has 0 saturated carbocycles. The Hall–Kier alpha value is -1.83. The zero-order chi connectivity index (χ0) is 16.9. The van der Waals surface area contributed by atoms with Gasteiger partial charge in [0.15, 0.2) is 5.76 Å². The van der Waals surface area contributed by atoms with Gasteiger partial charge >= 0.3 is 6.18 Å². The lowest BCUT2D eigenvalue weighted by Crippen LogP contribution is -2.04. The molecule has 0 fully saturated rings. The number of halogens is 4. The van der Waals surface area contributed by atoms with Crippen LogP contribution < -0.4 is 0 Å². The highest BCUT2D eigenvalue weighted by Crippen LogP contribution is 2.30. The maximum absolute atomic E-state index is 12.6. The Balaban J connectivity index is 2.19. The van der Waals surface area contributed by atoms with Crippen molar-refractivity contribution < 1.29 is 22.5 Å². The smallest absolute Gasteiger partial charge is 0.395 e. The second kappa shape index (κ2) is 7.63. The van der Waals surface area contributed by atoms with Crippen molar-refractivity contribution in [2.45, 2.75) is 19.5 Å². The van der Waals surface area contributed by atoms with Crippen LogP contribution in [0, 0.1) is 0 Å². The van der Waals surface area contributed by atoms with E-state index in [1.54, 1.807) is 6.07 Å². The van der Waals surface area contributed by atoms with E-state index in [9.17, 15) is 13.2 Å². The summed E-state index contributed by atoms with van der Waals surface area (Å²) in [5.41, 5.74) is 0.763. The number of nitrogens with zero attached hydrogens (tertiary/aromatic N) is 2. The summed E-state index contributed by atoms with van der Waals surface area (Å²) in [6.07, 6.45) is -3.54. The van der Waals surface area contributed by atoms with Gasteiger partial charge in [0, 0.05) is 11.6 Å². The Morgan fingerprint density at radius 1 is 1.30 bits per heavy atom. The monoisotopic (exact) mass is 390 g/mol. The molecule has 1 aromatic heterocycles. The quantitative estimate of drug-likeness (QED) is 0.305. The summed E-state index contributed by atoms with van der Waals surface area (Å²) < 4.78 is 42.9. The molecular formula is C15H14BrF3N2O2. The molecule has 1 heterocycles. The molecule has 4 nitrogen and oxygen atoms in total. The van der Waals surface area contributed by atoms with Crippen LogP contribution in [0.5, 0.6) is 0 Å². The Morgan fingerprint density at radius 3 is 2.57 bits per heavy atom. The molecule has 0 aliphatic rings. The van der Waals surface area contributed by atoms with Gasteiger partial charge in [-0.05, 0) is 18.6 Å². The zero-order valence-electron chi connectivity index (χ0n) is 12.2. The predicted octanol–water partition coefficient (Wildman–Crippen LogP) is 4.89. The first-order valence-corrected chi connectivity index (χ1v) is 7.97. The maximum atomic E-state index is 12.6. The number of aromatic nitrogens is 1. The lowest BCUT2D eigenvalue weighted by atomic mass is 10.1. The number of oxime groups is 1. The van der Waals surface area contributed by atoms with Gasteiger partial charge in [0.2, 0.25) is 0 Å². The van der Waals surface area contributed by atoms with E-state index < -0.39 is 11.7 Å². The Kier molecular flexibility index (Phi) is 5.81. The molecule has 8 heteroatoms. The van der Waals surface area contributed by atoms with Gasteiger partial charge in [0.05, 0.1) is 10.9 Å². The van der Waals surface area contributed by atoms with Crippen molar-refractivity contribution in [1.82, 2.24) is 5.16 Å². The van der Waals surface area contributed by atoms with Crippen LogP contribution in [0.2, 0.25) is 0 Å². The minimum atomic E-state index is -4.36. The fourth-order valence-corrected chi connectivity index (χ4v) is 2.11. The van der Waals surface area contributed by atoms with E-state index in [1.165, 1.54) is 12.1 Å². The molecule has 124 valence electrons. The molecule has 0 radical (unpaired) electrons. The van der Waals surface area contributed by atoms with Gasteiger partial charge in [0.25, 0.3) is 0 Å². The zero-order valence-corrected chi connectivity index (χ0v) is 13.8. The van der Waals surface area contributed by atoms with Gasteiger partial charge in [-0.1, -0.05) is 45.3 Å². The third-order valence-electron chi connectivity index (χ3n) is 2.90. The highest BCUT2D eigenvalue weighted by Gasteiger charge is 2.30. The van der Waals surface area contributed by atoms with Crippen molar-refractivity contribution in [3.8, 4) is 11.3 Å². The molecule has 1 aromatic carbocycles. The third-order valence-corrected chi connectivity index (χ3v) is 3.43. The number of alkyl halides is 4. The van der Waals surface area contributed by atoms with E-state index in [2.05, 4.69) is 26.2 Å². The van der Waals surface area contributed by atoms with Crippen molar-refractivity contribution in [2.24, 2.45) is 5.16 Å². The van der Waals surface area contributed by atoms with Crippen molar-refractivity contribution in [2.75, 3.05) is 11.9 Å². The fourth-order valence-electron chi connectivity index (χ4n) is 1.73. The molecule has 0 saturated heterocycles. The van der Waals surface area contributed by atoms with Crippen molar-refractivity contribution in [1.29, 1.82) is 0 Å². The summed E-state index contributed by atoms with van der Waals surface area (Å²) in [6, 6.07) is 6.32. The molecule has 0 unspecified atom stereocenters. The summed E-state index contributed by atoms with van der Waals surface area (Å²) >= 11 is 3.28. The molecule has 0 N–H and O–H groups in total. The van der Waals surface area contributed by atoms with E-state index in [4.69, 9.17) is 9.36 Å². The number of benzene rings is 1. The molecule has 23 heavy (non-hydrogen) atoms. The number of rotatable bonds is 6. The Morgan fingerprint density at radius 2 is 2.00 bits per heavy atom. The summed E-state index contributed by atoms with van der Waals surface area (Å²) in [6.45, 7) is 2.44.